The minimum atomic E-state index is 0.186. The van der Waals surface area contributed by atoms with Crippen molar-refractivity contribution in [2.75, 3.05) is 26.2 Å². The lowest BCUT2D eigenvalue weighted by atomic mass is 10.1. The average Bonchev–Trinajstić information content (AvgIpc) is 2.93. The molecule has 0 radical (unpaired) electrons. The Morgan fingerprint density at radius 1 is 1.26 bits per heavy atom. The van der Waals surface area contributed by atoms with Gasteiger partial charge in [-0.25, -0.2) is 0 Å². The van der Waals surface area contributed by atoms with Crippen molar-refractivity contribution >= 4 is 5.91 Å². The van der Waals surface area contributed by atoms with Crippen LogP contribution in [0.5, 0.6) is 0 Å². The van der Waals surface area contributed by atoms with E-state index in [1.165, 1.54) is 0 Å². The van der Waals surface area contributed by atoms with Gasteiger partial charge in [-0.05, 0) is 45.7 Å². The van der Waals surface area contributed by atoms with Gasteiger partial charge in [-0.15, -0.1) is 0 Å². The number of carbonyl (C=O) groups is 1. The molecule has 0 saturated carbocycles. The van der Waals surface area contributed by atoms with Crippen LogP contribution in [0.15, 0.2) is 24.3 Å². The minimum Gasteiger partial charge on any atom is -0.373 e. The van der Waals surface area contributed by atoms with Gasteiger partial charge >= 0.3 is 0 Å². The Labute approximate surface area is 139 Å². The van der Waals surface area contributed by atoms with Gasteiger partial charge in [0.15, 0.2) is 0 Å². The van der Waals surface area contributed by atoms with Gasteiger partial charge in [-0.1, -0.05) is 17.7 Å². The maximum absolute atomic E-state index is 12.9. The fourth-order valence-corrected chi connectivity index (χ4v) is 3.97. The summed E-state index contributed by atoms with van der Waals surface area (Å²) in [6, 6.07) is 8.27. The van der Waals surface area contributed by atoms with Crippen molar-refractivity contribution in [2.45, 2.75) is 51.9 Å². The Bertz CT molecular complexity index is 550. The highest BCUT2D eigenvalue weighted by atomic mass is 16.5. The van der Waals surface area contributed by atoms with Crippen LogP contribution in [0.1, 0.15) is 42.6 Å². The lowest BCUT2D eigenvalue weighted by Gasteiger charge is -2.38. The molecule has 4 heteroatoms. The molecule has 2 fully saturated rings. The van der Waals surface area contributed by atoms with E-state index in [0.717, 1.165) is 50.1 Å². The maximum atomic E-state index is 12.9. The Morgan fingerprint density at radius 2 is 2.00 bits per heavy atom. The monoisotopic (exact) mass is 316 g/mol. The standard InChI is InChI=1S/C19H28N2O2/c1-14-6-4-7-17(10-14)19(22)21-9-5-8-18(21)13-20-11-15(2)23-16(3)12-20/h4,6-7,10,15-16,18H,5,8-9,11-13H2,1-3H3. The first-order valence-electron chi connectivity index (χ1n) is 8.78. The second-order valence-corrected chi connectivity index (χ2v) is 7.14. The molecule has 0 aliphatic carbocycles. The van der Waals surface area contributed by atoms with Crippen molar-refractivity contribution in [3.63, 3.8) is 0 Å². The van der Waals surface area contributed by atoms with Crippen LogP contribution in [0.4, 0.5) is 0 Å². The third-order valence-corrected chi connectivity index (χ3v) is 4.87. The van der Waals surface area contributed by atoms with E-state index in [-0.39, 0.29) is 18.1 Å². The van der Waals surface area contributed by atoms with Crippen LogP contribution in [0.3, 0.4) is 0 Å². The van der Waals surface area contributed by atoms with E-state index < -0.39 is 0 Å². The normalized spacial score (nSPS) is 29.0. The second kappa shape index (κ2) is 7.02. The minimum absolute atomic E-state index is 0.186. The van der Waals surface area contributed by atoms with Crippen molar-refractivity contribution in [1.29, 1.82) is 0 Å². The van der Waals surface area contributed by atoms with Gasteiger partial charge in [0, 0.05) is 37.8 Å². The zero-order valence-corrected chi connectivity index (χ0v) is 14.5. The Balaban J connectivity index is 1.66. The summed E-state index contributed by atoms with van der Waals surface area (Å²) in [6.07, 6.45) is 2.78. The summed E-state index contributed by atoms with van der Waals surface area (Å²) in [5, 5.41) is 0. The van der Waals surface area contributed by atoms with Crippen LogP contribution in [0, 0.1) is 6.92 Å². The summed E-state index contributed by atoms with van der Waals surface area (Å²) in [5.41, 5.74) is 1.96. The SMILES string of the molecule is Cc1cccc(C(=O)N2CCCC2CN2CC(C)OC(C)C2)c1. The number of likely N-dealkylation sites (tertiary alicyclic amines) is 1. The van der Waals surface area contributed by atoms with Crippen LogP contribution >= 0.6 is 0 Å². The Kier molecular flexibility index (Phi) is 5.02. The number of benzene rings is 1. The van der Waals surface area contributed by atoms with E-state index in [1.54, 1.807) is 0 Å². The summed E-state index contributed by atoms with van der Waals surface area (Å²) in [7, 11) is 0. The molecule has 0 aromatic heterocycles. The molecule has 4 nitrogen and oxygen atoms in total. The van der Waals surface area contributed by atoms with Crippen molar-refractivity contribution in [3.8, 4) is 0 Å². The first-order valence-corrected chi connectivity index (χ1v) is 8.78. The van der Waals surface area contributed by atoms with Gasteiger partial charge < -0.3 is 9.64 Å². The lowest BCUT2D eigenvalue weighted by Crippen LogP contribution is -2.50. The fourth-order valence-electron chi connectivity index (χ4n) is 3.97. The predicted octanol–water partition coefficient (Wildman–Crippen LogP) is 2.71. The van der Waals surface area contributed by atoms with E-state index in [0.29, 0.717) is 6.04 Å². The highest BCUT2D eigenvalue weighted by Gasteiger charge is 2.32. The molecule has 2 heterocycles. The van der Waals surface area contributed by atoms with Gasteiger partial charge in [-0.3, -0.25) is 9.69 Å². The van der Waals surface area contributed by atoms with Gasteiger partial charge in [0.2, 0.25) is 0 Å². The molecule has 0 bridgehead atoms. The number of hydrogen-bond acceptors (Lipinski definition) is 3. The molecule has 3 atom stereocenters. The van der Waals surface area contributed by atoms with Crippen LogP contribution in [-0.2, 0) is 4.74 Å². The van der Waals surface area contributed by atoms with Crippen LogP contribution in [-0.4, -0.2) is 60.1 Å². The number of rotatable bonds is 3. The smallest absolute Gasteiger partial charge is 0.254 e. The number of hydrogen-bond donors (Lipinski definition) is 0. The zero-order valence-electron chi connectivity index (χ0n) is 14.5. The molecule has 126 valence electrons. The largest absolute Gasteiger partial charge is 0.373 e. The molecule has 23 heavy (non-hydrogen) atoms. The van der Waals surface area contributed by atoms with Crippen LogP contribution in [0.25, 0.3) is 0 Å². The van der Waals surface area contributed by atoms with Crippen molar-refractivity contribution in [2.24, 2.45) is 0 Å². The van der Waals surface area contributed by atoms with Crippen molar-refractivity contribution in [3.05, 3.63) is 35.4 Å². The molecule has 2 saturated heterocycles. The highest BCUT2D eigenvalue weighted by molar-refractivity contribution is 5.94. The second-order valence-electron chi connectivity index (χ2n) is 7.14. The molecular weight excluding hydrogens is 288 g/mol. The molecule has 3 unspecified atom stereocenters. The van der Waals surface area contributed by atoms with Crippen molar-refractivity contribution in [1.82, 2.24) is 9.80 Å². The summed E-state index contributed by atoms with van der Waals surface area (Å²) < 4.78 is 5.82. The molecule has 0 spiro atoms. The molecule has 1 aromatic carbocycles. The molecule has 1 amide bonds. The van der Waals surface area contributed by atoms with Gasteiger partial charge in [-0.2, -0.15) is 0 Å². The van der Waals surface area contributed by atoms with Gasteiger partial charge in [0.05, 0.1) is 12.2 Å². The zero-order chi connectivity index (χ0) is 16.4. The van der Waals surface area contributed by atoms with E-state index in [4.69, 9.17) is 4.74 Å². The van der Waals surface area contributed by atoms with Crippen molar-refractivity contribution < 1.29 is 9.53 Å². The van der Waals surface area contributed by atoms with Gasteiger partial charge in [0.25, 0.3) is 5.91 Å². The number of nitrogens with zero attached hydrogens (tertiary/aromatic N) is 2. The number of aryl methyl sites for hydroxylation is 1. The summed E-state index contributed by atoms with van der Waals surface area (Å²) >= 11 is 0. The average molecular weight is 316 g/mol. The lowest BCUT2D eigenvalue weighted by molar-refractivity contribution is -0.0715. The Morgan fingerprint density at radius 3 is 2.70 bits per heavy atom. The molecule has 1 aromatic rings. The summed E-state index contributed by atoms with van der Waals surface area (Å²) in [4.78, 5) is 17.4. The van der Waals surface area contributed by atoms with Crippen LogP contribution in [0.2, 0.25) is 0 Å². The molecule has 3 rings (SSSR count). The summed E-state index contributed by atoms with van der Waals surface area (Å²) in [5.74, 6) is 0.186. The van der Waals surface area contributed by atoms with Crippen LogP contribution < -0.4 is 0 Å². The van der Waals surface area contributed by atoms with E-state index in [2.05, 4.69) is 23.6 Å². The third kappa shape index (κ3) is 3.93. The highest BCUT2D eigenvalue weighted by Crippen LogP contribution is 2.23. The summed E-state index contributed by atoms with van der Waals surface area (Å²) in [6.45, 7) is 10.1. The topological polar surface area (TPSA) is 32.8 Å². The maximum Gasteiger partial charge on any atom is 0.254 e. The molecular formula is C19H28N2O2. The number of ether oxygens (including phenoxy) is 1. The fraction of sp³-hybridized carbons (Fsp3) is 0.632. The number of amides is 1. The van der Waals surface area contributed by atoms with E-state index in [1.807, 2.05) is 31.2 Å². The first kappa shape index (κ1) is 16.5. The molecule has 2 aliphatic rings. The third-order valence-electron chi connectivity index (χ3n) is 4.87. The molecule has 2 aliphatic heterocycles. The molecule has 0 N–H and O–H groups in total. The quantitative estimate of drug-likeness (QED) is 0.859. The Hall–Kier alpha value is -1.39. The van der Waals surface area contributed by atoms with E-state index in [9.17, 15) is 4.79 Å². The number of morpholine rings is 1. The number of carbonyl (C=O) groups excluding carboxylic acids is 1. The predicted molar refractivity (Wildman–Crippen MR) is 91.7 cm³/mol. The first-order chi connectivity index (χ1) is 11.0. The van der Waals surface area contributed by atoms with E-state index >= 15 is 0 Å². The van der Waals surface area contributed by atoms with Gasteiger partial charge in [0.1, 0.15) is 0 Å².